The average Bonchev–Trinajstić information content (AvgIpc) is 2.37. The van der Waals surface area contributed by atoms with Crippen molar-refractivity contribution >= 4 is 11.5 Å². The highest BCUT2D eigenvalue weighted by atomic mass is 16.4. The number of rotatable bonds is 2. The lowest BCUT2D eigenvalue weighted by atomic mass is 9.95. The number of nitrogens with zero attached hydrogens (tertiary/aromatic N) is 3. The number of aromatic nitrogens is 1. The van der Waals surface area contributed by atoms with E-state index >= 15 is 0 Å². The lowest BCUT2D eigenvalue weighted by Gasteiger charge is -2.38. The molecule has 1 aliphatic rings. The summed E-state index contributed by atoms with van der Waals surface area (Å²) in [6.45, 7) is 3.30. The van der Waals surface area contributed by atoms with Gasteiger partial charge in [-0.25, -0.2) is 0 Å². The summed E-state index contributed by atoms with van der Waals surface area (Å²) in [5.74, 6) is -0.0133. The van der Waals surface area contributed by atoms with Gasteiger partial charge in [-0.3, -0.25) is 4.98 Å². The van der Waals surface area contributed by atoms with Crippen LogP contribution < -0.4 is 10.6 Å². The number of hydrogen-bond donors (Lipinski definition) is 3. The van der Waals surface area contributed by atoms with Gasteiger partial charge in [0.05, 0.1) is 5.60 Å². The minimum Gasteiger partial charge on any atom is -0.409 e. The molecular formula is C12H18N4O2. The second kappa shape index (κ2) is 4.81. The molecule has 2 rings (SSSR count). The SMILES string of the molecule is CC1(O)CCCN(c2ccnc(/C(N)=N/O)c2)C1. The molecule has 1 fully saturated rings. The molecule has 4 N–H and O–H groups in total. The summed E-state index contributed by atoms with van der Waals surface area (Å²) < 4.78 is 0. The van der Waals surface area contributed by atoms with Crippen LogP contribution in [0.2, 0.25) is 0 Å². The van der Waals surface area contributed by atoms with Crippen molar-refractivity contribution in [3.05, 3.63) is 24.0 Å². The minimum absolute atomic E-state index is 0.0133. The molecule has 1 atom stereocenters. The van der Waals surface area contributed by atoms with Crippen LogP contribution in [0.3, 0.4) is 0 Å². The molecule has 98 valence electrons. The van der Waals surface area contributed by atoms with Crippen molar-refractivity contribution in [3.8, 4) is 0 Å². The summed E-state index contributed by atoms with van der Waals surface area (Å²) in [6, 6.07) is 3.62. The zero-order valence-corrected chi connectivity index (χ0v) is 10.4. The van der Waals surface area contributed by atoms with Crippen molar-refractivity contribution in [1.29, 1.82) is 0 Å². The van der Waals surface area contributed by atoms with E-state index in [1.165, 1.54) is 0 Å². The highest BCUT2D eigenvalue weighted by molar-refractivity contribution is 5.95. The molecule has 0 bridgehead atoms. The van der Waals surface area contributed by atoms with E-state index in [9.17, 15) is 5.11 Å². The number of anilines is 1. The van der Waals surface area contributed by atoms with Gasteiger partial charge in [0.25, 0.3) is 0 Å². The first kappa shape index (κ1) is 12.6. The maximum Gasteiger partial charge on any atom is 0.188 e. The Morgan fingerprint density at radius 1 is 1.61 bits per heavy atom. The Bertz CT molecular complexity index is 459. The summed E-state index contributed by atoms with van der Waals surface area (Å²) in [6.07, 6.45) is 3.36. The molecule has 1 aromatic heterocycles. The quantitative estimate of drug-likeness (QED) is 0.308. The van der Waals surface area contributed by atoms with Crippen LogP contribution in [0.1, 0.15) is 25.5 Å². The van der Waals surface area contributed by atoms with E-state index in [0.717, 1.165) is 25.1 Å². The van der Waals surface area contributed by atoms with Gasteiger partial charge in [0.1, 0.15) is 5.69 Å². The Morgan fingerprint density at radius 2 is 2.39 bits per heavy atom. The van der Waals surface area contributed by atoms with Gasteiger partial charge in [-0.1, -0.05) is 5.16 Å². The number of piperidine rings is 1. The molecule has 1 aliphatic heterocycles. The van der Waals surface area contributed by atoms with Crippen molar-refractivity contribution in [1.82, 2.24) is 4.98 Å². The van der Waals surface area contributed by atoms with Gasteiger partial charge in [-0.05, 0) is 31.9 Å². The minimum atomic E-state index is -0.668. The predicted octanol–water partition coefficient (Wildman–Crippen LogP) is 0.527. The summed E-state index contributed by atoms with van der Waals surface area (Å²) in [4.78, 5) is 6.12. The van der Waals surface area contributed by atoms with Crippen molar-refractivity contribution in [3.63, 3.8) is 0 Å². The number of amidine groups is 1. The van der Waals surface area contributed by atoms with Crippen LogP contribution in [-0.4, -0.2) is 39.8 Å². The molecule has 0 radical (unpaired) electrons. The van der Waals surface area contributed by atoms with E-state index in [1.54, 1.807) is 12.3 Å². The normalized spacial score (nSPS) is 25.2. The number of hydrogen-bond acceptors (Lipinski definition) is 5. The fourth-order valence-electron chi connectivity index (χ4n) is 2.25. The molecule has 0 amide bonds. The predicted molar refractivity (Wildman–Crippen MR) is 68.8 cm³/mol. The molecule has 1 unspecified atom stereocenters. The number of aliphatic hydroxyl groups is 1. The second-order valence-corrected chi connectivity index (χ2v) is 4.91. The van der Waals surface area contributed by atoms with Crippen molar-refractivity contribution < 1.29 is 10.3 Å². The highest BCUT2D eigenvalue weighted by Gasteiger charge is 2.28. The molecule has 2 heterocycles. The molecule has 18 heavy (non-hydrogen) atoms. The summed E-state index contributed by atoms with van der Waals surface area (Å²) in [7, 11) is 0. The fraction of sp³-hybridized carbons (Fsp3) is 0.500. The van der Waals surface area contributed by atoms with Crippen molar-refractivity contribution in [2.24, 2.45) is 10.9 Å². The summed E-state index contributed by atoms with van der Waals surface area (Å²) in [5.41, 5.74) is 6.20. The van der Waals surface area contributed by atoms with Crippen molar-refractivity contribution in [2.75, 3.05) is 18.0 Å². The van der Waals surface area contributed by atoms with Gasteiger partial charge in [-0.2, -0.15) is 0 Å². The number of oxime groups is 1. The maximum atomic E-state index is 10.1. The molecule has 0 aliphatic carbocycles. The maximum absolute atomic E-state index is 10.1. The second-order valence-electron chi connectivity index (χ2n) is 4.91. The third-order valence-electron chi connectivity index (χ3n) is 3.15. The van der Waals surface area contributed by atoms with E-state index in [2.05, 4.69) is 15.0 Å². The Kier molecular flexibility index (Phi) is 3.38. The molecule has 0 saturated carbocycles. The first-order chi connectivity index (χ1) is 8.52. The molecule has 1 saturated heterocycles. The van der Waals surface area contributed by atoms with Crippen molar-refractivity contribution in [2.45, 2.75) is 25.4 Å². The van der Waals surface area contributed by atoms with Gasteiger partial charge < -0.3 is 20.9 Å². The van der Waals surface area contributed by atoms with E-state index in [0.29, 0.717) is 12.2 Å². The zero-order valence-electron chi connectivity index (χ0n) is 10.4. The Balaban J connectivity index is 2.23. The van der Waals surface area contributed by atoms with Gasteiger partial charge in [0, 0.05) is 25.0 Å². The Labute approximate surface area is 106 Å². The van der Waals surface area contributed by atoms with Gasteiger partial charge >= 0.3 is 0 Å². The highest BCUT2D eigenvalue weighted by Crippen LogP contribution is 2.25. The third-order valence-corrected chi connectivity index (χ3v) is 3.15. The number of pyridine rings is 1. The summed E-state index contributed by atoms with van der Waals surface area (Å²) >= 11 is 0. The van der Waals surface area contributed by atoms with Crippen LogP contribution in [0.4, 0.5) is 5.69 Å². The fourth-order valence-corrected chi connectivity index (χ4v) is 2.25. The van der Waals surface area contributed by atoms with E-state index in [4.69, 9.17) is 10.9 Å². The van der Waals surface area contributed by atoms with Crippen LogP contribution in [0.5, 0.6) is 0 Å². The lowest BCUT2D eigenvalue weighted by Crippen LogP contribution is -2.46. The first-order valence-electron chi connectivity index (χ1n) is 5.93. The lowest BCUT2D eigenvalue weighted by molar-refractivity contribution is 0.0449. The van der Waals surface area contributed by atoms with E-state index in [-0.39, 0.29) is 5.84 Å². The van der Waals surface area contributed by atoms with Crippen LogP contribution >= 0.6 is 0 Å². The molecular weight excluding hydrogens is 232 g/mol. The zero-order chi connectivity index (χ0) is 13.2. The molecule has 1 aromatic rings. The van der Waals surface area contributed by atoms with E-state index in [1.807, 2.05) is 13.0 Å². The van der Waals surface area contributed by atoms with Gasteiger partial charge in [-0.15, -0.1) is 0 Å². The average molecular weight is 250 g/mol. The Hall–Kier alpha value is -1.82. The molecule has 6 heteroatoms. The van der Waals surface area contributed by atoms with Gasteiger partial charge in [0.15, 0.2) is 5.84 Å². The molecule has 0 spiro atoms. The van der Waals surface area contributed by atoms with Crippen LogP contribution in [0.15, 0.2) is 23.5 Å². The first-order valence-corrected chi connectivity index (χ1v) is 5.93. The number of nitrogens with two attached hydrogens (primary N) is 1. The summed E-state index contributed by atoms with van der Waals surface area (Å²) in [5, 5.41) is 21.7. The molecule has 0 aromatic carbocycles. The smallest absolute Gasteiger partial charge is 0.188 e. The monoisotopic (exact) mass is 250 g/mol. The van der Waals surface area contributed by atoms with E-state index < -0.39 is 5.60 Å². The Morgan fingerprint density at radius 3 is 3.06 bits per heavy atom. The van der Waals surface area contributed by atoms with Crippen LogP contribution in [0.25, 0.3) is 0 Å². The van der Waals surface area contributed by atoms with Crippen LogP contribution in [-0.2, 0) is 0 Å². The standard InChI is InChI=1S/C12H18N4O2/c1-12(17)4-2-6-16(8-12)9-3-5-14-10(7-9)11(13)15-18/h3,5,7,17-18H,2,4,6,8H2,1H3,(H2,13,15). The molecule has 6 nitrogen and oxygen atoms in total. The van der Waals surface area contributed by atoms with Gasteiger partial charge in [0.2, 0.25) is 0 Å². The number of β-amino-alcohol motifs (C(OH)–C–C–N with tert-alkyl or cyclic N) is 1. The largest absolute Gasteiger partial charge is 0.409 e. The van der Waals surface area contributed by atoms with Crippen LogP contribution in [0, 0.1) is 0 Å². The topological polar surface area (TPSA) is 95.0 Å². The third kappa shape index (κ3) is 2.70.